The van der Waals surface area contributed by atoms with Gasteiger partial charge < -0.3 is 11.1 Å². The first-order valence-corrected chi connectivity index (χ1v) is 7.32. The number of rotatable bonds is 5. The highest BCUT2D eigenvalue weighted by molar-refractivity contribution is 6.04. The van der Waals surface area contributed by atoms with Crippen molar-refractivity contribution in [3.63, 3.8) is 0 Å². The maximum Gasteiger partial charge on any atom is 0.277 e. The summed E-state index contributed by atoms with van der Waals surface area (Å²) >= 11 is 0. The van der Waals surface area contributed by atoms with E-state index in [2.05, 4.69) is 27.8 Å². The highest BCUT2D eigenvalue weighted by Gasteiger charge is 2.12. The Kier molecular flexibility index (Phi) is 4.33. The van der Waals surface area contributed by atoms with Gasteiger partial charge in [-0.3, -0.25) is 9.48 Å². The van der Waals surface area contributed by atoms with Gasteiger partial charge in [0.25, 0.3) is 5.91 Å². The lowest BCUT2D eigenvalue weighted by Gasteiger charge is -2.05. The van der Waals surface area contributed by atoms with E-state index < -0.39 is 0 Å². The number of amides is 1. The number of carbonyl (C=O) groups excluding carboxylic acids is 1. The van der Waals surface area contributed by atoms with Crippen LogP contribution in [0.25, 0.3) is 0 Å². The Labute approximate surface area is 133 Å². The molecular formula is C17H17N5O. The number of nitrogens with one attached hydrogen (secondary N) is 1. The van der Waals surface area contributed by atoms with E-state index in [1.807, 2.05) is 30.3 Å². The highest BCUT2D eigenvalue weighted by atomic mass is 16.2. The van der Waals surface area contributed by atoms with Gasteiger partial charge in [0.1, 0.15) is 0 Å². The van der Waals surface area contributed by atoms with Gasteiger partial charge >= 0.3 is 0 Å². The van der Waals surface area contributed by atoms with Crippen molar-refractivity contribution in [2.75, 3.05) is 11.1 Å². The molecule has 1 amide bonds. The standard InChI is InChI=1S/C17H17N5O/c18-14-8-4-5-9-15(14)19-17(23)16-12-22(21-20-16)11-10-13-6-2-1-3-7-13/h1-9,12H,10-11,18H2,(H,19,23). The maximum atomic E-state index is 12.2. The molecule has 0 aliphatic carbocycles. The van der Waals surface area contributed by atoms with Crippen molar-refractivity contribution in [2.24, 2.45) is 0 Å². The Morgan fingerprint density at radius 3 is 2.61 bits per heavy atom. The molecule has 1 heterocycles. The van der Waals surface area contributed by atoms with E-state index in [1.54, 1.807) is 23.0 Å². The van der Waals surface area contributed by atoms with E-state index in [9.17, 15) is 4.79 Å². The summed E-state index contributed by atoms with van der Waals surface area (Å²) in [7, 11) is 0. The second-order valence-corrected chi connectivity index (χ2v) is 5.14. The van der Waals surface area contributed by atoms with Crippen molar-refractivity contribution in [3.05, 3.63) is 72.1 Å². The Morgan fingerprint density at radius 1 is 1.09 bits per heavy atom. The van der Waals surface area contributed by atoms with E-state index in [1.165, 1.54) is 5.56 Å². The number of nitrogens with two attached hydrogens (primary N) is 1. The first-order chi connectivity index (χ1) is 11.2. The number of aryl methyl sites for hydroxylation is 2. The molecular weight excluding hydrogens is 290 g/mol. The molecule has 0 aliphatic heterocycles. The van der Waals surface area contributed by atoms with Gasteiger partial charge in [0.15, 0.2) is 5.69 Å². The van der Waals surface area contributed by atoms with Crippen LogP contribution in [-0.4, -0.2) is 20.9 Å². The molecule has 0 spiro atoms. The molecule has 0 aliphatic rings. The average Bonchev–Trinajstić information content (AvgIpc) is 3.05. The predicted molar refractivity (Wildman–Crippen MR) is 89.0 cm³/mol. The molecule has 6 nitrogen and oxygen atoms in total. The number of para-hydroxylation sites is 2. The van der Waals surface area contributed by atoms with Crippen molar-refractivity contribution in [3.8, 4) is 0 Å². The first kappa shape index (κ1) is 14.8. The Balaban J connectivity index is 1.62. The number of anilines is 2. The van der Waals surface area contributed by atoms with Gasteiger partial charge in [-0.2, -0.15) is 0 Å². The van der Waals surface area contributed by atoms with Gasteiger partial charge in [0.2, 0.25) is 0 Å². The minimum Gasteiger partial charge on any atom is -0.397 e. The largest absolute Gasteiger partial charge is 0.397 e. The Hall–Kier alpha value is -3.15. The van der Waals surface area contributed by atoms with Crippen molar-refractivity contribution in [2.45, 2.75) is 13.0 Å². The van der Waals surface area contributed by atoms with E-state index in [0.717, 1.165) is 6.42 Å². The van der Waals surface area contributed by atoms with Gasteiger partial charge in [-0.1, -0.05) is 47.7 Å². The van der Waals surface area contributed by atoms with E-state index in [0.29, 0.717) is 17.9 Å². The minimum atomic E-state index is -0.325. The summed E-state index contributed by atoms with van der Waals surface area (Å²) < 4.78 is 1.66. The quantitative estimate of drug-likeness (QED) is 0.708. The maximum absolute atomic E-state index is 12.2. The van der Waals surface area contributed by atoms with Crippen LogP contribution in [-0.2, 0) is 13.0 Å². The minimum absolute atomic E-state index is 0.265. The molecule has 23 heavy (non-hydrogen) atoms. The summed E-state index contributed by atoms with van der Waals surface area (Å²) in [4.78, 5) is 12.2. The van der Waals surface area contributed by atoms with Crippen LogP contribution in [0.2, 0.25) is 0 Å². The summed E-state index contributed by atoms with van der Waals surface area (Å²) in [6, 6.07) is 17.2. The van der Waals surface area contributed by atoms with Crippen LogP contribution in [0, 0.1) is 0 Å². The number of hydrogen-bond acceptors (Lipinski definition) is 4. The smallest absolute Gasteiger partial charge is 0.277 e. The Morgan fingerprint density at radius 2 is 1.83 bits per heavy atom. The molecule has 0 unspecified atom stereocenters. The fraction of sp³-hybridized carbons (Fsp3) is 0.118. The van der Waals surface area contributed by atoms with E-state index >= 15 is 0 Å². The zero-order chi connectivity index (χ0) is 16.1. The van der Waals surface area contributed by atoms with Crippen LogP contribution in [0.4, 0.5) is 11.4 Å². The van der Waals surface area contributed by atoms with Gasteiger partial charge in [0, 0.05) is 6.54 Å². The number of aromatic nitrogens is 3. The molecule has 2 aromatic carbocycles. The van der Waals surface area contributed by atoms with Gasteiger partial charge in [-0.15, -0.1) is 5.10 Å². The third-order valence-electron chi connectivity index (χ3n) is 3.45. The number of nitrogens with zero attached hydrogens (tertiary/aromatic N) is 3. The molecule has 0 radical (unpaired) electrons. The number of benzene rings is 2. The molecule has 6 heteroatoms. The van der Waals surface area contributed by atoms with Gasteiger partial charge in [-0.05, 0) is 24.1 Å². The molecule has 0 bridgehead atoms. The summed E-state index contributed by atoms with van der Waals surface area (Å²) in [6.07, 6.45) is 2.47. The van der Waals surface area contributed by atoms with Crippen molar-refractivity contribution < 1.29 is 4.79 Å². The zero-order valence-corrected chi connectivity index (χ0v) is 12.5. The van der Waals surface area contributed by atoms with Crippen molar-refractivity contribution in [1.29, 1.82) is 0 Å². The molecule has 116 valence electrons. The SMILES string of the molecule is Nc1ccccc1NC(=O)c1cn(CCc2ccccc2)nn1. The van der Waals surface area contributed by atoms with Crippen LogP contribution < -0.4 is 11.1 Å². The lowest BCUT2D eigenvalue weighted by molar-refractivity contribution is 0.102. The third kappa shape index (κ3) is 3.74. The normalized spacial score (nSPS) is 10.4. The lowest BCUT2D eigenvalue weighted by Crippen LogP contribution is -2.13. The molecule has 0 fully saturated rings. The summed E-state index contributed by atoms with van der Waals surface area (Å²) in [5.41, 5.74) is 8.36. The van der Waals surface area contributed by atoms with E-state index in [4.69, 9.17) is 5.73 Å². The molecule has 3 rings (SSSR count). The summed E-state index contributed by atoms with van der Waals surface area (Å²) in [6.45, 7) is 0.664. The molecule has 3 aromatic rings. The van der Waals surface area contributed by atoms with Gasteiger partial charge in [0.05, 0.1) is 17.6 Å². The van der Waals surface area contributed by atoms with Crippen LogP contribution in [0.5, 0.6) is 0 Å². The van der Waals surface area contributed by atoms with Crippen molar-refractivity contribution in [1.82, 2.24) is 15.0 Å². The second kappa shape index (κ2) is 6.74. The lowest BCUT2D eigenvalue weighted by atomic mass is 10.1. The number of carbonyl (C=O) groups is 1. The fourth-order valence-electron chi connectivity index (χ4n) is 2.20. The van der Waals surface area contributed by atoms with Crippen LogP contribution in [0.3, 0.4) is 0 Å². The van der Waals surface area contributed by atoms with Gasteiger partial charge in [-0.25, -0.2) is 0 Å². The van der Waals surface area contributed by atoms with Crippen molar-refractivity contribution >= 4 is 17.3 Å². The number of nitrogen functional groups attached to an aromatic ring is 1. The zero-order valence-electron chi connectivity index (χ0n) is 12.5. The molecule has 1 aromatic heterocycles. The third-order valence-corrected chi connectivity index (χ3v) is 3.45. The second-order valence-electron chi connectivity index (χ2n) is 5.14. The Bertz CT molecular complexity index is 798. The first-order valence-electron chi connectivity index (χ1n) is 7.32. The topological polar surface area (TPSA) is 85.8 Å². The van der Waals surface area contributed by atoms with Crippen LogP contribution >= 0.6 is 0 Å². The number of hydrogen-bond donors (Lipinski definition) is 2. The molecule has 3 N–H and O–H groups in total. The molecule has 0 saturated carbocycles. The van der Waals surface area contributed by atoms with Crippen LogP contribution in [0.15, 0.2) is 60.8 Å². The highest BCUT2D eigenvalue weighted by Crippen LogP contribution is 2.17. The molecule has 0 atom stereocenters. The fourth-order valence-corrected chi connectivity index (χ4v) is 2.20. The summed E-state index contributed by atoms with van der Waals surface area (Å²) in [5, 5.41) is 10.6. The monoisotopic (exact) mass is 307 g/mol. The van der Waals surface area contributed by atoms with E-state index in [-0.39, 0.29) is 11.6 Å². The summed E-state index contributed by atoms with van der Waals surface area (Å²) in [5.74, 6) is -0.325. The van der Waals surface area contributed by atoms with Crippen LogP contribution in [0.1, 0.15) is 16.1 Å². The molecule has 0 saturated heterocycles. The predicted octanol–water partition coefficient (Wildman–Crippen LogP) is 2.36. The average molecular weight is 307 g/mol.